The van der Waals surface area contributed by atoms with Crippen molar-refractivity contribution < 1.29 is 14.0 Å². The van der Waals surface area contributed by atoms with Crippen LogP contribution in [0.5, 0.6) is 0 Å². The van der Waals surface area contributed by atoms with Gasteiger partial charge in [-0.3, -0.25) is 9.59 Å². The lowest BCUT2D eigenvalue weighted by Crippen LogP contribution is -2.28. The molecule has 7 nitrogen and oxygen atoms in total. The summed E-state index contributed by atoms with van der Waals surface area (Å²) >= 11 is 0. The van der Waals surface area contributed by atoms with Gasteiger partial charge < -0.3 is 10.6 Å². The summed E-state index contributed by atoms with van der Waals surface area (Å²) in [7, 11) is 1.70. The van der Waals surface area contributed by atoms with Crippen molar-refractivity contribution in [3.8, 4) is 0 Å². The molecule has 3 aromatic rings. The van der Waals surface area contributed by atoms with Crippen molar-refractivity contribution in [3.05, 3.63) is 53.8 Å². The number of aryl methyl sites for hydroxylation is 1. The van der Waals surface area contributed by atoms with Gasteiger partial charge in [-0.15, -0.1) is 0 Å². The Labute approximate surface area is 142 Å². The maximum atomic E-state index is 13.5. The van der Waals surface area contributed by atoms with E-state index < -0.39 is 11.7 Å². The van der Waals surface area contributed by atoms with Crippen molar-refractivity contribution in [2.75, 3.05) is 11.9 Å². The number of hydrogen-bond acceptors (Lipinski definition) is 4. The third kappa shape index (κ3) is 3.79. The van der Waals surface area contributed by atoms with Gasteiger partial charge in [-0.05, 0) is 24.3 Å². The largest absolute Gasteiger partial charge is 0.351 e. The number of rotatable bonds is 5. The normalized spacial score (nSPS) is 10.6. The molecule has 2 amide bonds. The van der Waals surface area contributed by atoms with E-state index in [2.05, 4.69) is 20.8 Å². The Kier molecular flexibility index (Phi) is 4.69. The third-order valence-corrected chi connectivity index (χ3v) is 3.54. The minimum atomic E-state index is -0.598. The molecule has 0 saturated carbocycles. The van der Waals surface area contributed by atoms with Crippen molar-refractivity contribution >= 4 is 28.5 Å². The second kappa shape index (κ2) is 7.08. The van der Waals surface area contributed by atoms with Crippen LogP contribution >= 0.6 is 0 Å². The zero-order valence-corrected chi connectivity index (χ0v) is 13.5. The van der Waals surface area contributed by atoms with Crippen molar-refractivity contribution in [2.24, 2.45) is 7.05 Å². The lowest BCUT2D eigenvalue weighted by molar-refractivity contribution is -0.116. The lowest BCUT2D eigenvalue weighted by atomic mass is 10.2. The van der Waals surface area contributed by atoms with Gasteiger partial charge in [0.05, 0.1) is 11.3 Å². The summed E-state index contributed by atoms with van der Waals surface area (Å²) in [5.74, 6) is -1.44. The molecule has 25 heavy (non-hydrogen) atoms. The van der Waals surface area contributed by atoms with Gasteiger partial charge in [-0.2, -0.15) is 15.0 Å². The average molecular weight is 341 g/mol. The smallest absolute Gasteiger partial charge is 0.254 e. The predicted octanol–water partition coefficient (Wildman–Crippen LogP) is 1.87. The zero-order valence-electron chi connectivity index (χ0n) is 13.5. The summed E-state index contributed by atoms with van der Waals surface area (Å²) in [5, 5.41) is 13.6. The Morgan fingerprint density at radius 1 is 1.12 bits per heavy atom. The van der Waals surface area contributed by atoms with Crippen LogP contribution in [0.2, 0.25) is 0 Å². The average Bonchev–Trinajstić information content (AvgIpc) is 2.96. The number of nitrogens with zero attached hydrogens (tertiary/aromatic N) is 3. The van der Waals surface area contributed by atoms with E-state index in [9.17, 15) is 14.0 Å². The molecule has 0 spiro atoms. The van der Waals surface area contributed by atoms with Crippen molar-refractivity contribution in [1.82, 2.24) is 20.3 Å². The molecule has 1 aromatic heterocycles. The van der Waals surface area contributed by atoms with Gasteiger partial charge in [-0.1, -0.05) is 18.2 Å². The van der Waals surface area contributed by atoms with Gasteiger partial charge >= 0.3 is 0 Å². The van der Waals surface area contributed by atoms with Crippen LogP contribution in [0.4, 0.5) is 10.1 Å². The highest BCUT2D eigenvalue weighted by Crippen LogP contribution is 2.19. The Morgan fingerprint density at radius 3 is 2.72 bits per heavy atom. The highest BCUT2D eigenvalue weighted by atomic mass is 19.1. The van der Waals surface area contributed by atoms with Crippen LogP contribution in [0.1, 0.15) is 16.8 Å². The quantitative estimate of drug-likeness (QED) is 0.741. The summed E-state index contributed by atoms with van der Waals surface area (Å²) < 4.78 is 13.5. The van der Waals surface area contributed by atoms with Crippen molar-refractivity contribution in [2.45, 2.75) is 6.42 Å². The Morgan fingerprint density at radius 2 is 1.92 bits per heavy atom. The van der Waals surface area contributed by atoms with Gasteiger partial charge in [0.15, 0.2) is 0 Å². The SMILES string of the molecule is Cn1nc2cccc(NC(=O)CCNC(=O)c3ccccc3F)c2n1. The summed E-state index contributed by atoms with van der Waals surface area (Å²) in [6.45, 7) is 0.0927. The molecule has 8 heteroatoms. The first-order valence-electron chi connectivity index (χ1n) is 7.67. The molecule has 3 rings (SSSR count). The Balaban J connectivity index is 1.56. The van der Waals surface area contributed by atoms with Gasteiger partial charge in [0, 0.05) is 20.0 Å². The van der Waals surface area contributed by atoms with Crippen LogP contribution in [0.3, 0.4) is 0 Å². The summed E-state index contributed by atoms with van der Waals surface area (Å²) in [6, 6.07) is 11.0. The van der Waals surface area contributed by atoms with E-state index in [-0.39, 0.29) is 24.4 Å². The first kappa shape index (κ1) is 16.6. The van der Waals surface area contributed by atoms with Crippen molar-refractivity contribution in [3.63, 3.8) is 0 Å². The van der Waals surface area contributed by atoms with E-state index in [4.69, 9.17) is 0 Å². The van der Waals surface area contributed by atoms with Crippen LogP contribution in [-0.4, -0.2) is 33.4 Å². The molecule has 0 aliphatic rings. The molecule has 0 saturated heterocycles. The molecule has 1 heterocycles. The van der Waals surface area contributed by atoms with Crippen LogP contribution < -0.4 is 10.6 Å². The Hall–Kier alpha value is -3.29. The minimum Gasteiger partial charge on any atom is -0.351 e. The number of aromatic nitrogens is 3. The number of carbonyl (C=O) groups excluding carboxylic acids is 2. The highest BCUT2D eigenvalue weighted by Gasteiger charge is 2.12. The number of hydrogen-bond donors (Lipinski definition) is 2. The topological polar surface area (TPSA) is 88.9 Å². The van der Waals surface area contributed by atoms with E-state index in [0.29, 0.717) is 16.7 Å². The summed E-state index contributed by atoms with van der Waals surface area (Å²) in [4.78, 5) is 25.4. The van der Waals surface area contributed by atoms with E-state index >= 15 is 0 Å². The third-order valence-electron chi connectivity index (χ3n) is 3.54. The molecule has 0 aliphatic heterocycles. The van der Waals surface area contributed by atoms with Crippen LogP contribution in [0.15, 0.2) is 42.5 Å². The zero-order chi connectivity index (χ0) is 17.8. The molecule has 0 atom stereocenters. The van der Waals surface area contributed by atoms with Crippen LogP contribution in [0.25, 0.3) is 11.0 Å². The second-order valence-corrected chi connectivity index (χ2v) is 5.40. The van der Waals surface area contributed by atoms with Gasteiger partial charge in [0.2, 0.25) is 5.91 Å². The minimum absolute atomic E-state index is 0.0489. The van der Waals surface area contributed by atoms with E-state index in [1.807, 2.05) is 0 Å². The molecule has 2 aromatic carbocycles. The number of fused-ring (bicyclic) bond motifs is 1. The van der Waals surface area contributed by atoms with Crippen molar-refractivity contribution in [1.29, 1.82) is 0 Å². The summed E-state index contributed by atoms with van der Waals surface area (Å²) in [5.41, 5.74) is 1.77. The predicted molar refractivity (Wildman–Crippen MR) is 90.5 cm³/mol. The van der Waals surface area contributed by atoms with E-state index in [1.54, 1.807) is 31.3 Å². The lowest BCUT2D eigenvalue weighted by Gasteiger charge is -2.07. The first-order chi connectivity index (χ1) is 12.0. The standard InChI is InChI=1S/C17H16FN5O2/c1-23-21-14-8-4-7-13(16(14)22-23)20-15(24)9-10-19-17(25)11-5-2-3-6-12(11)18/h2-8H,9-10H2,1H3,(H,19,25)(H,20,24). The molecule has 0 aliphatic carbocycles. The van der Waals surface area contributed by atoms with Gasteiger partial charge in [0.25, 0.3) is 5.91 Å². The molecule has 0 radical (unpaired) electrons. The highest BCUT2D eigenvalue weighted by molar-refractivity contribution is 5.99. The molecule has 2 N–H and O–H groups in total. The molecule has 0 unspecified atom stereocenters. The summed E-state index contributed by atoms with van der Waals surface area (Å²) in [6.07, 6.45) is 0.0524. The molecular formula is C17H16FN5O2. The monoisotopic (exact) mass is 341 g/mol. The van der Waals surface area contributed by atoms with Gasteiger partial charge in [-0.25, -0.2) is 4.39 Å². The molecular weight excluding hydrogens is 325 g/mol. The second-order valence-electron chi connectivity index (χ2n) is 5.40. The fraction of sp³-hybridized carbons (Fsp3) is 0.176. The van der Waals surface area contributed by atoms with Crippen LogP contribution in [-0.2, 0) is 11.8 Å². The number of benzene rings is 2. The number of amides is 2. The van der Waals surface area contributed by atoms with E-state index in [1.165, 1.54) is 23.0 Å². The maximum absolute atomic E-state index is 13.5. The first-order valence-corrected chi connectivity index (χ1v) is 7.67. The Bertz CT molecular complexity index is 938. The molecule has 0 fully saturated rings. The molecule has 0 bridgehead atoms. The van der Waals surface area contributed by atoms with Gasteiger partial charge in [0.1, 0.15) is 16.9 Å². The number of carbonyl (C=O) groups is 2. The molecule has 128 valence electrons. The fourth-order valence-corrected chi connectivity index (χ4v) is 2.38. The number of halogens is 1. The number of nitrogens with one attached hydrogen (secondary N) is 2. The van der Waals surface area contributed by atoms with Crippen LogP contribution in [0, 0.1) is 5.82 Å². The number of anilines is 1. The maximum Gasteiger partial charge on any atom is 0.254 e. The van der Waals surface area contributed by atoms with E-state index in [0.717, 1.165) is 0 Å². The fourth-order valence-electron chi connectivity index (χ4n) is 2.38.